The van der Waals surface area contributed by atoms with E-state index in [0.29, 0.717) is 6.04 Å². The molecule has 3 unspecified atom stereocenters. The van der Waals surface area contributed by atoms with Gasteiger partial charge in [-0.2, -0.15) is 0 Å². The quantitative estimate of drug-likeness (QED) is 0.900. The normalized spacial score (nSPS) is 45.5. The van der Waals surface area contributed by atoms with Crippen molar-refractivity contribution in [2.75, 3.05) is 7.11 Å². The van der Waals surface area contributed by atoms with Crippen LogP contribution in [0.25, 0.3) is 0 Å². The van der Waals surface area contributed by atoms with Crippen LogP contribution in [-0.4, -0.2) is 13.2 Å². The molecule has 2 nitrogen and oxygen atoms in total. The van der Waals surface area contributed by atoms with E-state index < -0.39 is 0 Å². The number of ether oxygens (including phenoxy) is 1. The predicted octanol–water partition coefficient (Wildman–Crippen LogP) is 4.17. The molecule has 4 fully saturated rings. The first-order valence-corrected chi connectivity index (χ1v) is 9.14. The Kier molecular flexibility index (Phi) is 2.75. The molecule has 1 N–H and O–H groups in total. The Balaban J connectivity index is 1.30. The van der Waals surface area contributed by atoms with Crippen molar-refractivity contribution in [3.05, 3.63) is 29.8 Å². The van der Waals surface area contributed by atoms with Crippen LogP contribution in [-0.2, 0) is 0 Å². The molecule has 118 valence electrons. The third-order valence-corrected chi connectivity index (χ3v) is 7.65. The van der Waals surface area contributed by atoms with Gasteiger partial charge < -0.3 is 10.1 Å². The first-order valence-electron chi connectivity index (χ1n) is 9.14. The van der Waals surface area contributed by atoms with Crippen molar-refractivity contribution in [3.8, 4) is 5.75 Å². The van der Waals surface area contributed by atoms with E-state index >= 15 is 0 Å². The summed E-state index contributed by atoms with van der Waals surface area (Å²) in [6, 6.07) is 9.72. The van der Waals surface area contributed by atoms with Crippen molar-refractivity contribution in [3.63, 3.8) is 0 Å². The fraction of sp³-hybridized carbons (Fsp3) is 0.700. The van der Waals surface area contributed by atoms with Gasteiger partial charge in [-0.1, -0.05) is 18.6 Å². The molecule has 0 aliphatic heterocycles. The van der Waals surface area contributed by atoms with E-state index in [1.807, 2.05) is 6.07 Å². The highest BCUT2D eigenvalue weighted by Crippen LogP contribution is 2.83. The van der Waals surface area contributed by atoms with Crippen LogP contribution in [0.15, 0.2) is 24.3 Å². The smallest absolute Gasteiger partial charge is 0.119 e. The average molecular weight is 297 g/mol. The lowest BCUT2D eigenvalue weighted by atomic mass is 9.83. The van der Waals surface area contributed by atoms with Gasteiger partial charge in [0.15, 0.2) is 0 Å². The summed E-state index contributed by atoms with van der Waals surface area (Å²) in [6.07, 6.45) is 7.57. The van der Waals surface area contributed by atoms with Crippen molar-refractivity contribution in [1.29, 1.82) is 0 Å². The molecule has 1 spiro atoms. The van der Waals surface area contributed by atoms with Gasteiger partial charge in [0.1, 0.15) is 5.75 Å². The van der Waals surface area contributed by atoms with Crippen LogP contribution in [0.2, 0.25) is 0 Å². The Morgan fingerprint density at radius 1 is 1.32 bits per heavy atom. The number of methoxy groups -OCH3 is 1. The Bertz CT molecular complexity index is 595. The largest absolute Gasteiger partial charge is 0.497 e. The number of fused-ring (bicyclic) bond motifs is 4. The van der Waals surface area contributed by atoms with Crippen LogP contribution in [0.1, 0.15) is 50.6 Å². The Morgan fingerprint density at radius 2 is 2.23 bits per heavy atom. The lowest BCUT2D eigenvalue weighted by Gasteiger charge is -2.30. The third kappa shape index (κ3) is 1.60. The molecule has 2 bridgehead atoms. The molecular formula is C20H27NO. The lowest BCUT2D eigenvalue weighted by molar-refractivity contribution is 0.242. The van der Waals surface area contributed by atoms with Gasteiger partial charge in [-0.05, 0) is 79.4 Å². The maximum absolute atomic E-state index is 5.37. The summed E-state index contributed by atoms with van der Waals surface area (Å²) in [7, 11) is 1.75. The summed E-state index contributed by atoms with van der Waals surface area (Å²) in [5.41, 5.74) is 2.20. The number of benzene rings is 1. The van der Waals surface area contributed by atoms with Gasteiger partial charge in [0.2, 0.25) is 0 Å². The zero-order chi connectivity index (χ0) is 14.9. The molecule has 5 rings (SSSR count). The molecule has 7 atom stereocenters. The highest BCUT2D eigenvalue weighted by atomic mass is 16.5. The summed E-state index contributed by atoms with van der Waals surface area (Å²) in [5, 5.41) is 3.97. The van der Waals surface area contributed by atoms with E-state index in [4.69, 9.17) is 4.74 Å². The van der Waals surface area contributed by atoms with Crippen LogP contribution >= 0.6 is 0 Å². The fourth-order valence-corrected chi connectivity index (χ4v) is 6.90. The second-order valence-electron chi connectivity index (χ2n) is 8.24. The number of hydrogen-bond donors (Lipinski definition) is 1. The lowest BCUT2D eigenvalue weighted by Crippen LogP contribution is -2.38. The predicted molar refractivity (Wildman–Crippen MR) is 87.8 cm³/mol. The molecule has 0 aromatic heterocycles. The minimum Gasteiger partial charge on any atom is -0.497 e. The van der Waals surface area contributed by atoms with Crippen LogP contribution in [0, 0.1) is 29.1 Å². The second-order valence-corrected chi connectivity index (χ2v) is 8.24. The SMILES string of the molecule is COc1cccc(C(C)N[C@@H]2C[C@@H]3CC2[C@@H]2C4CCC[C@]432)c1. The van der Waals surface area contributed by atoms with Gasteiger partial charge in [0.05, 0.1) is 7.11 Å². The molecular weight excluding hydrogens is 270 g/mol. The van der Waals surface area contributed by atoms with Gasteiger partial charge >= 0.3 is 0 Å². The molecule has 0 heterocycles. The minimum absolute atomic E-state index is 0.425. The summed E-state index contributed by atoms with van der Waals surface area (Å²) in [6.45, 7) is 2.31. The highest BCUT2D eigenvalue weighted by Gasteiger charge is 2.78. The Labute approximate surface area is 133 Å². The first-order chi connectivity index (χ1) is 10.7. The minimum atomic E-state index is 0.425. The molecule has 0 saturated heterocycles. The zero-order valence-corrected chi connectivity index (χ0v) is 13.7. The molecule has 4 aliphatic rings. The molecule has 0 amide bonds. The monoisotopic (exact) mass is 297 g/mol. The van der Waals surface area contributed by atoms with Crippen LogP contribution in [0.3, 0.4) is 0 Å². The van der Waals surface area contributed by atoms with E-state index in [-0.39, 0.29) is 0 Å². The third-order valence-electron chi connectivity index (χ3n) is 7.65. The van der Waals surface area contributed by atoms with Crippen LogP contribution in [0.5, 0.6) is 5.75 Å². The Hall–Kier alpha value is -1.02. The van der Waals surface area contributed by atoms with Crippen molar-refractivity contribution >= 4 is 0 Å². The summed E-state index contributed by atoms with van der Waals surface area (Å²) >= 11 is 0. The standard InChI is InChI=1S/C20H27NO/c1-12(13-5-3-6-15(9-13)22-2)21-18-11-14-10-16(18)19-17-7-4-8-20(14,17)19/h3,5-6,9,12,14,16-19,21H,4,7-8,10-11H2,1-2H3/t12?,14-,16?,17?,18+,19+,20+/m0/s1. The fourth-order valence-electron chi connectivity index (χ4n) is 6.90. The van der Waals surface area contributed by atoms with E-state index in [9.17, 15) is 0 Å². The number of rotatable bonds is 4. The summed E-state index contributed by atoms with van der Waals surface area (Å²) < 4.78 is 5.37. The number of nitrogens with one attached hydrogen (secondary N) is 1. The first kappa shape index (κ1) is 13.4. The summed E-state index contributed by atoms with van der Waals surface area (Å²) in [5.74, 6) is 5.20. The maximum Gasteiger partial charge on any atom is 0.119 e. The van der Waals surface area contributed by atoms with Crippen molar-refractivity contribution in [1.82, 2.24) is 5.32 Å². The topological polar surface area (TPSA) is 21.3 Å². The maximum atomic E-state index is 5.37. The zero-order valence-electron chi connectivity index (χ0n) is 13.7. The van der Waals surface area contributed by atoms with Gasteiger partial charge in [0, 0.05) is 12.1 Å². The molecule has 4 saturated carbocycles. The second kappa shape index (κ2) is 4.50. The van der Waals surface area contributed by atoms with E-state index in [2.05, 4.69) is 30.4 Å². The van der Waals surface area contributed by atoms with Crippen LogP contribution < -0.4 is 10.1 Å². The van der Waals surface area contributed by atoms with Gasteiger partial charge in [-0.25, -0.2) is 0 Å². The van der Waals surface area contributed by atoms with Crippen LogP contribution in [0.4, 0.5) is 0 Å². The van der Waals surface area contributed by atoms with E-state index in [0.717, 1.165) is 40.9 Å². The van der Waals surface area contributed by atoms with E-state index in [1.165, 1.54) is 31.2 Å². The molecule has 22 heavy (non-hydrogen) atoms. The van der Waals surface area contributed by atoms with Gasteiger partial charge in [-0.3, -0.25) is 0 Å². The molecule has 1 aromatic rings. The van der Waals surface area contributed by atoms with Crippen molar-refractivity contribution in [2.24, 2.45) is 29.1 Å². The average Bonchev–Trinajstić information content (AvgIpc) is 2.95. The van der Waals surface area contributed by atoms with Gasteiger partial charge in [-0.15, -0.1) is 0 Å². The van der Waals surface area contributed by atoms with Gasteiger partial charge in [0.25, 0.3) is 0 Å². The molecule has 4 aliphatic carbocycles. The Morgan fingerprint density at radius 3 is 3.09 bits per heavy atom. The number of hydrogen-bond acceptors (Lipinski definition) is 2. The summed E-state index contributed by atoms with van der Waals surface area (Å²) in [4.78, 5) is 0. The molecule has 0 radical (unpaired) electrons. The molecule has 1 aromatic carbocycles. The van der Waals surface area contributed by atoms with Crippen molar-refractivity contribution in [2.45, 2.75) is 51.1 Å². The highest BCUT2D eigenvalue weighted by molar-refractivity contribution is 5.31. The van der Waals surface area contributed by atoms with Crippen molar-refractivity contribution < 1.29 is 4.74 Å². The molecule has 2 heteroatoms. The van der Waals surface area contributed by atoms with E-state index in [1.54, 1.807) is 13.5 Å².